The molecule has 0 aromatic carbocycles. The average Bonchev–Trinajstić information content (AvgIpc) is 2.14. The lowest BCUT2D eigenvalue weighted by molar-refractivity contribution is 0.181. The van der Waals surface area contributed by atoms with Crippen molar-refractivity contribution in [2.45, 2.75) is 25.8 Å². The highest BCUT2D eigenvalue weighted by Crippen LogP contribution is 2.18. The topological polar surface area (TPSA) is 15.3 Å². The molecule has 1 saturated heterocycles. The number of hydrogen-bond donors (Lipinski definition) is 1. The van der Waals surface area contributed by atoms with Crippen LogP contribution in [-0.4, -0.2) is 37.6 Å². The molecule has 2 unspecified atom stereocenters. The SMILES string of the molecule is C=CCNC(C)C1CCCN(C)C1. The maximum absolute atomic E-state index is 3.72. The molecule has 1 N–H and O–H groups in total. The van der Waals surface area contributed by atoms with Crippen LogP contribution in [0.25, 0.3) is 0 Å². The largest absolute Gasteiger partial charge is 0.310 e. The minimum atomic E-state index is 0.626. The molecular formula is C11H22N2. The van der Waals surface area contributed by atoms with Crippen molar-refractivity contribution < 1.29 is 0 Å². The fourth-order valence-electron chi connectivity index (χ4n) is 2.05. The minimum absolute atomic E-state index is 0.626. The van der Waals surface area contributed by atoms with Gasteiger partial charge in [-0.15, -0.1) is 6.58 Å². The number of piperidine rings is 1. The molecule has 2 atom stereocenters. The van der Waals surface area contributed by atoms with Crippen LogP contribution in [0, 0.1) is 5.92 Å². The van der Waals surface area contributed by atoms with Gasteiger partial charge in [0.1, 0.15) is 0 Å². The van der Waals surface area contributed by atoms with Crippen LogP contribution >= 0.6 is 0 Å². The van der Waals surface area contributed by atoms with E-state index in [2.05, 4.69) is 30.8 Å². The highest BCUT2D eigenvalue weighted by molar-refractivity contribution is 4.81. The molecule has 0 spiro atoms. The molecule has 0 aromatic rings. The van der Waals surface area contributed by atoms with Crippen molar-refractivity contribution in [3.8, 4) is 0 Å². The van der Waals surface area contributed by atoms with Gasteiger partial charge in [-0.05, 0) is 39.3 Å². The van der Waals surface area contributed by atoms with Gasteiger partial charge in [-0.3, -0.25) is 0 Å². The van der Waals surface area contributed by atoms with Crippen LogP contribution in [-0.2, 0) is 0 Å². The highest BCUT2D eigenvalue weighted by atomic mass is 15.1. The van der Waals surface area contributed by atoms with Gasteiger partial charge in [0.2, 0.25) is 0 Å². The van der Waals surface area contributed by atoms with E-state index in [4.69, 9.17) is 0 Å². The molecule has 2 heteroatoms. The lowest BCUT2D eigenvalue weighted by Crippen LogP contribution is -2.43. The number of rotatable bonds is 4. The van der Waals surface area contributed by atoms with Gasteiger partial charge in [0, 0.05) is 19.1 Å². The Hall–Kier alpha value is -0.340. The molecule has 1 rings (SSSR count). The predicted molar refractivity (Wildman–Crippen MR) is 57.9 cm³/mol. The summed E-state index contributed by atoms with van der Waals surface area (Å²) in [4.78, 5) is 2.43. The number of hydrogen-bond acceptors (Lipinski definition) is 2. The lowest BCUT2D eigenvalue weighted by atomic mass is 9.92. The van der Waals surface area contributed by atoms with Gasteiger partial charge < -0.3 is 10.2 Å². The highest BCUT2D eigenvalue weighted by Gasteiger charge is 2.21. The third-order valence-electron chi connectivity index (χ3n) is 2.95. The lowest BCUT2D eigenvalue weighted by Gasteiger charge is -2.33. The second kappa shape index (κ2) is 5.40. The quantitative estimate of drug-likeness (QED) is 0.663. The molecule has 1 aliphatic heterocycles. The standard InChI is InChI=1S/C11H22N2/c1-4-7-12-10(2)11-6-5-8-13(3)9-11/h4,10-12H,1,5-9H2,2-3H3. The fraction of sp³-hybridized carbons (Fsp3) is 0.818. The molecule has 2 nitrogen and oxygen atoms in total. The molecule has 13 heavy (non-hydrogen) atoms. The van der Waals surface area contributed by atoms with E-state index < -0.39 is 0 Å². The van der Waals surface area contributed by atoms with Gasteiger partial charge in [0.25, 0.3) is 0 Å². The van der Waals surface area contributed by atoms with E-state index in [0.717, 1.165) is 12.5 Å². The first-order chi connectivity index (χ1) is 6.24. The van der Waals surface area contributed by atoms with E-state index in [9.17, 15) is 0 Å². The van der Waals surface area contributed by atoms with E-state index in [0.29, 0.717) is 6.04 Å². The maximum atomic E-state index is 3.72. The van der Waals surface area contributed by atoms with Gasteiger partial charge in [-0.25, -0.2) is 0 Å². The Balaban J connectivity index is 2.27. The molecule has 0 amide bonds. The Morgan fingerprint density at radius 1 is 1.69 bits per heavy atom. The van der Waals surface area contributed by atoms with Crippen molar-refractivity contribution in [1.29, 1.82) is 0 Å². The zero-order valence-corrected chi connectivity index (χ0v) is 8.92. The smallest absolute Gasteiger partial charge is 0.0134 e. The van der Waals surface area contributed by atoms with E-state index in [1.807, 2.05) is 6.08 Å². The summed E-state index contributed by atoms with van der Waals surface area (Å²) in [7, 11) is 2.21. The molecule has 0 saturated carbocycles. The monoisotopic (exact) mass is 182 g/mol. The van der Waals surface area contributed by atoms with E-state index in [1.165, 1.54) is 25.9 Å². The van der Waals surface area contributed by atoms with Gasteiger partial charge in [-0.2, -0.15) is 0 Å². The molecule has 1 aliphatic rings. The van der Waals surface area contributed by atoms with Crippen LogP contribution in [0.1, 0.15) is 19.8 Å². The summed E-state index contributed by atoms with van der Waals surface area (Å²) in [5.41, 5.74) is 0. The Morgan fingerprint density at radius 3 is 3.08 bits per heavy atom. The van der Waals surface area contributed by atoms with Crippen LogP contribution in [0.5, 0.6) is 0 Å². The predicted octanol–water partition coefficient (Wildman–Crippen LogP) is 1.49. The van der Waals surface area contributed by atoms with Crippen LogP contribution < -0.4 is 5.32 Å². The normalized spacial score (nSPS) is 27.1. The van der Waals surface area contributed by atoms with E-state index >= 15 is 0 Å². The van der Waals surface area contributed by atoms with Crippen molar-refractivity contribution in [3.05, 3.63) is 12.7 Å². The van der Waals surface area contributed by atoms with E-state index in [1.54, 1.807) is 0 Å². The number of nitrogens with zero attached hydrogens (tertiary/aromatic N) is 1. The van der Waals surface area contributed by atoms with Gasteiger partial charge >= 0.3 is 0 Å². The van der Waals surface area contributed by atoms with Gasteiger partial charge in [0.15, 0.2) is 0 Å². The summed E-state index contributed by atoms with van der Waals surface area (Å²) in [5.74, 6) is 0.818. The molecule has 76 valence electrons. The van der Waals surface area contributed by atoms with Crippen LogP contribution in [0.4, 0.5) is 0 Å². The Bertz CT molecular complexity index is 156. The van der Waals surface area contributed by atoms with E-state index in [-0.39, 0.29) is 0 Å². The Labute approximate surface area is 82.0 Å². The average molecular weight is 182 g/mol. The summed E-state index contributed by atoms with van der Waals surface area (Å²) in [5, 5.41) is 3.48. The zero-order valence-electron chi connectivity index (χ0n) is 8.92. The maximum Gasteiger partial charge on any atom is 0.0134 e. The van der Waals surface area contributed by atoms with Crippen molar-refractivity contribution in [2.75, 3.05) is 26.7 Å². The molecule has 1 heterocycles. The summed E-state index contributed by atoms with van der Waals surface area (Å²) in [6.07, 6.45) is 4.65. The minimum Gasteiger partial charge on any atom is -0.310 e. The second-order valence-corrected chi connectivity index (χ2v) is 4.15. The first-order valence-corrected chi connectivity index (χ1v) is 5.27. The molecule has 1 fully saturated rings. The van der Waals surface area contributed by atoms with Crippen LogP contribution in [0.15, 0.2) is 12.7 Å². The van der Waals surface area contributed by atoms with Crippen LogP contribution in [0.3, 0.4) is 0 Å². The fourth-order valence-corrected chi connectivity index (χ4v) is 2.05. The molecule has 0 aromatic heterocycles. The first-order valence-electron chi connectivity index (χ1n) is 5.27. The molecule has 0 radical (unpaired) electrons. The zero-order chi connectivity index (χ0) is 9.68. The molecule has 0 bridgehead atoms. The van der Waals surface area contributed by atoms with Crippen molar-refractivity contribution in [1.82, 2.24) is 10.2 Å². The number of likely N-dealkylation sites (tertiary alicyclic amines) is 1. The third kappa shape index (κ3) is 3.49. The van der Waals surface area contributed by atoms with Crippen molar-refractivity contribution in [2.24, 2.45) is 5.92 Å². The Morgan fingerprint density at radius 2 is 2.46 bits per heavy atom. The second-order valence-electron chi connectivity index (χ2n) is 4.15. The van der Waals surface area contributed by atoms with Crippen molar-refractivity contribution in [3.63, 3.8) is 0 Å². The first kappa shape index (κ1) is 10.7. The van der Waals surface area contributed by atoms with Gasteiger partial charge in [0.05, 0.1) is 0 Å². The van der Waals surface area contributed by atoms with Gasteiger partial charge in [-0.1, -0.05) is 6.08 Å². The number of nitrogens with one attached hydrogen (secondary N) is 1. The van der Waals surface area contributed by atoms with Crippen molar-refractivity contribution >= 4 is 0 Å². The summed E-state index contributed by atoms with van der Waals surface area (Å²) >= 11 is 0. The summed E-state index contributed by atoms with van der Waals surface area (Å²) in [6, 6.07) is 0.626. The van der Waals surface area contributed by atoms with Crippen LogP contribution in [0.2, 0.25) is 0 Å². The summed E-state index contributed by atoms with van der Waals surface area (Å²) < 4.78 is 0. The molecular weight excluding hydrogens is 160 g/mol. The Kier molecular flexibility index (Phi) is 4.46. The third-order valence-corrected chi connectivity index (χ3v) is 2.95. The summed E-state index contributed by atoms with van der Waals surface area (Å²) in [6.45, 7) is 9.45. The molecule has 0 aliphatic carbocycles.